The van der Waals surface area contributed by atoms with Crippen LogP contribution >= 0.6 is 11.6 Å². The van der Waals surface area contributed by atoms with E-state index in [1.165, 1.54) is 5.57 Å². The number of para-hydroxylation sites is 1. The van der Waals surface area contributed by atoms with Gasteiger partial charge in [-0.2, -0.15) is 0 Å². The molecule has 3 nitrogen and oxygen atoms in total. The van der Waals surface area contributed by atoms with Crippen molar-refractivity contribution in [3.05, 3.63) is 88.6 Å². The number of nitrogens with zero attached hydrogens (tertiary/aromatic N) is 1. The molecule has 0 radical (unpaired) electrons. The molecule has 1 aliphatic heterocycles. The fourth-order valence-electron chi connectivity index (χ4n) is 2.67. The van der Waals surface area contributed by atoms with Crippen molar-refractivity contribution in [1.29, 1.82) is 0 Å². The average Bonchev–Trinajstić information content (AvgIpc) is 2.54. The summed E-state index contributed by atoms with van der Waals surface area (Å²) in [7, 11) is 0. The minimum Gasteiger partial charge on any atom is -0.359 e. The quantitative estimate of drug-likeness (QED) is 0.747. The molecule has 0 fully saturated rings. The van der Waals surface area contributed by atoms with Crippen LogP contribution in [-0.2, 0) is 0 Å². The largest absolute Gasteiger partial charge is 0.359 e. The zero-order valence-electron chi connectivity index (χ0n) is 13.8. The van der Waals surface area contributed by atoms with Gasteiger partial charge in [0.05, 0.1) is 0 Å². The molecule has 2 aromatic carbocycles. The van der Waals surface area contributed by atoms with E-state index in [1.807, 2.05) is 68.5 Å². The lowest BCUT2D eigenvalue weighted by molar-refractivity contribution is 0.817. The highest BCUT2D eigenvalue weighted by molar-refractivity contribution is 6.31. The Kier molecular flexibility index (Phi) is 4.72. The van der Waals surface area contributed by atoms with E-state index < -0.39 is 0 Å². The summed E-state index contributed by atoms with van der Waals surface area (Å²) in [5.41, 5.74) is 4.97. The molecule has 0 aromatic heterocycles. The molecule has 2 N–H and O–H groups in total. The van der Waals surface area contributed by atoms with Crippen molar-refractivity contribution >= 4 is 23.1 Å². The third kappa shape index (κ3) is 3.52. The molecule has 122 valence electrons. The van der Waals surface area contributed by atoms with Gasteiger partial charge in [-0.1, -0.05) is 54.1 Å². The third-order valence-corrected chi connectivity index (χ3v) is 4.02. The van der Waals surface area contributed by atoms with E-state index >= 15 is 0 Å². The van der Waals surface area contributed by atoms with Gasteiger partial charge in [-0.25, -0.2) is 4.99 Å². The topological polar surface area (TPSA) is 36.4 Å². The molecule has 0 bridgehead atoms. The minimum absolute atomic E-state index is 0.240. The van der Waals surface area contributed by atoms with Crippen LogP contribution < -0.4 is 10.6 Å². The predicted molar refractivity (Wildman–Crippen MR) is 103 cm³/mol. The Labute approximate surface area is 147 Å². The van der Waals surface area contributed by atoms with Crippen LogP contribution in [0.3, 0.4) is 0 Å². The molecular weight excluding hydrogens is 318 g/mol. The second-order valence-corrected chi connectivity index (χ2v) is 6.37. The standard InChI is InChI=1S/C20H20ClN3/c1-13(2)12-14(3)22-20-16-9-5-7-11-18(16)23-19(24-20)15-8-4-6-10-17(15)21/h4-12,19,23H,3H2,1-2H3,(H,22,24). The van der Waals surface area contributed by atoms with E-state index in [2.05, 4.69) is 17.2 Å². The van der Waals surface area contributed by atoms with Gasteiger partial charge in [0.1, 0.15) is 12.0 Å². The molecule has 0 amide bonds. The number of allylic oxidation sites excluding steroid dienone is 2. The maximum absolute atomic E-state index is 6.35. The summed E-state index contributed by atoms with van der Waals surface area (Å²) in [6.07, 6.45) is 1.76. The number of fused-ring (bicyclic) bond motifs is 1. The highest BCUT2D eigenvalue weighted by Gasteiger charge is 2.22. The third-order valence-electron chi connectivity index (χ3n) is 3.67. The van der Waals surface area contributed by atoms with Gasteiger partial charge in [-0.15, -0.1) is 0 Å². The first-order chi connectivity index (χ1) is 11.5. The van der Waals surface area contributed by atoms with Gasteiger partial charge >= 0.3 is 0 Å². The zero-order valence-corrected chi connectivity index (χ0v) is 14.6. The molecule has 0 spiro atoms. The lowest BCUT2D eigenvalue weighted by Gasteiger charge is -2.27. The van der Waals surface area contributed by atoms with Crippen LogP contribution in [0.5, 0.6) is 0 Å². The summed E-state index contributed by atoms with van der Waals surface area (Å²) in [6, 6.07) is 15.8. The maximum atomic E-state index is 6.35. The van der Waals surface area contributed by atoms with Gasteiger partial charge in [0.15, 0.2) is 0 Å². The molecule has 0 aliphatic carbocycles. The first kappa shape index (κ1) is 16.3. The molecule has 1 atom stereocenters. The number of benzene rings is 2. The molecule has 0 saturated carbocycles. The van der Waals surface area contributed by atoms with Crippen molar-refractivity contribution in [2.75, 3.05) is 5.32 Å². The smallest absolute Gasteiger partial charge is 0.148 e. The number of aliphatic imine (C=N–C) groups is 1. The van der Waals surface area contributed by atoms with Crippen LogP contribution in [0.15, 0.2) is 77.4 Å². The summed E-state index contributed by atoms with van der Waals surface area (Å²) in [4.78, 5) is 4.82. The van der Waals surface area contributed by atoms with Crippen molar-refractivity contribution in [3.63, 3.8) is 0 Å². The van der Waals surface area contributed by atoms with Crippen molar-refractivity contribution in [2.24, 2.45) is 4.99 Å². The highest BCUT2D eigenvalue weighted by Crippen LogP contribution is 2.32. The normalized spacial score (nSPS) is 15.6. The number of hydrogen-bond donors (Lipinski definition) is 2. The molecule has 1 heterocycles. The fourth-order valence-corrected chi connectivity index (χ4v) is 2.91. The molecule has 2 aromatic rings. The van der Waals surface area contributed by atoms with E-state index in [1.54, 1.807) is 0 Å². The Morgan fingerprint density at radius 3 is 2.62 bits per heavy atom. The number of rotatable bonds is 3. The van der Waals surface area contributed by atoms with Crippen LogP contribution in [-0.4, -0.2) is 5.84 Å². The monoisotopic (exact) mass is 337 g/mol. The fraction of sp³-hybridized carbons (Fsp3) is 0.150. The summed E-state index contributed by atoms with van der Waals surface area (Å²) in [6.45, 7) is 8.14. The van der Waals surface area contributed by atoms with Gasteiger partial charge in [0, 0.05) is 27.5 Å². The Morgan fingerprint density at radius 1 is 1.17 bits per heavy atom. The molecule has 0 saturated heterocycles. The lowest BCUT2D eigenvalue weighted by Crippen LogP contribution is -2.29. The SMILES string of the molecule is C=C(C=C(C)C)NC1=NC(c2ccccc2Cl)Nc2ccccc21. The van der Waals surface area contributed by atoms with Crippen LogP contribution in [0, 0.1) is 0 Å². The number of amidine groups is 1. The first-order valence-electron chi connectivity index (χ1n) is 7.83. The van der Waals surface area contributed by atoms with Crippen LogP contribution in [0.25, 0.3) is 0 Å². The van der Waals surface area contributed by atoms with Crippen LogP contribution in [0.2, 0.25) is 5.02 Å². The van der Waals surface area contributed by atoms with Crippen LogP contribution in [0.1, 0.15) is 31.1 Å². The lowest BCUT2D eigenvalue weighted by atomic mass is 10.1. The number of nitrogens with one attached hydrogen (secondary N) is 2. The summed E-state index contributed by atoms with van der Waals surface area (Å²) in [5.74, 6) is 0.789. The van der Waals surface area contributed by atoms with Crippen LogP contribution in [0.4, 0.5) is 5.69 Å². The molecular formula is C20H20ClN3. The predicted octanol–water partition coefficient (Wildman–Crippen LogP) is 5.28. The Morgan fingerprint density at radius 2 is 1.88 bits per heavy atom. The highest BCUT2D eigenvalue weighted by atomic mass is 35.5. The van der Waals surface area contributed by atoms with Crippen molar-refractivity contribution in [3.8, 4) is 0 Å². The second kappa shape index (κ2) is 6.93. The average molecular weight is 338 g/mol. The van der Waals surface area contributed by atoms with E-state index in [9.17, 15) is 0 Å². The molecule has 4 heteroatoms. The molecule has 3 rings (SSSR count). The van der Waals surface area contributed by atoms with E-state index in [0.717, 1.165) is 28.3 Å². The number of halogens is 1. The first-order valence-corrected chi connectivity index (χ1v) is 8.21. The summed E-state index contributed by atoms with van der Waals surface area (Å²) < 4.78 is 0. The molecule has 24 heavy (non-hydrogen) atoms. The zero-order chi connectivity index (χ0) is 17.1. The van der Waals surface area contributed by atoms with Gasteiger partial charge in [-0.05, 0) is 38.1 Å². The van der Waals surface area contributed by atoms with Crippen molar-refractivity contribution in [2.45, 2.75) is 20.0 Å². The van der Waals surface area contributed by atoms with Gasteiger partial charge < -0.3 is 10.6 Å². The van der Waals surface area contributed by atoms with Crippen molar-refractivity contribution in [1.82, 2.24) is 5.32 Å². The molecule has 1 unspecified atom stereocenters. The molecule has 1 aliphatic rings. The van der Waals surface area contributed by atoms with Gasteiger partial charge in [-0.3, -0.25) is 0 Å². The Balaban J connectivity index is 2.00. The minimum atomic E-state index is -0.240. The Hall–Kier alpha value is -2.52. The van der Waals surface area contributed by atoms with E-state index in [-0.39, 0.29) is 6.17 Å². The summed E-state index contributed by atoms with van der Waals surface area (Å²) >= 11 is 6.35. The van der Waals surface area contributed by atoms with Gasteiger partial charge in [0.2, 0.25) is 0 Å². The van der Waals surface area contributed by atoms with Crippen molar-refractivity contribution < 1.29 is 0 Å². The van der Waals surface area contributed by atoms with E-state index in [4.69, 9.17) is 16.6 Å². The maximum Gasteiger partial charge on any atom is 0.148 e. The summed E-state index contributed by atoms with van der Waals surface area (Å²) in [5, 5.41) is 7.46. The van der Waals surface area contributed by atoms with E-state index in [0.29, 0.717) is 5.02 Å². The number of hydrogen-bond acceptors (Lipinski definition) is 3. The van der Waals surface area contributed by atoms with Gasteiger partial charge in [0.25, 0.3) is 0 Å². The second-order valence-electron chi connectivity index (χ2n) is 5.96. The Bertz CT molecular complexity index is 832. The number of anilines is 1.